The number of hydrogen-bond acceptors (Lipinski definition) is 8. The maximum absolute atomic E-state index is 12.9. The Morgan fingerprint density at radius 1 is 1.03 bits per heavy atom. The highest BCUT2D eigenvalue weighted by Crippen LogP contribution is 2.30. The van der Waals surface area contributed by atoms with Crippen LogP contribution in [-0.2, 0) is 22.7 Å². The van der Waals surface area contributed by atoms with Crippen molar-refractivity contribution in [3.63, 3.8) is 0 Å². The van der Waals surface area contributed by atoms with Gasteiger partial charge in [-0.05, 0) is 60.5 Å². The van der Waals surface area contributed by atoms with E-state index in [9.17, 15) is 19.2 Å². The lowest BCUT2D eigenvalue weighted by atomic mass is 10.1. The van der Waals surface area contributed by atoms with Crippen molar-refractivity contribution in [1.82, 2.24) is 10.2 Å². The van der Waals surface area contributed by atoms with Crippen molar-refractivity contribution < 1.29 is 42.9 Å². The van der Waals surface area contributed by atoms with Crippen molar-refractivity contribution >= 4 is 30.0 Å². The number of carbonyl (C=O) groups excluding carboxylic acids is 3. The second kappa shape index (κ2) is 11.3. The lowest BCUT2D eigenvalue weighted by Crippen LogP contribution is -2.30. The summed E-state index contributed by atoms with van der Waals surface area (Å²) in [6.07, 6.45) is 1.51. The monoisotopic (exact) mass is 520 g/mol. The van der Waals surface area contributed by atoms with Crippen LogP contribution in [0.4, 0.5) is 4.79 Å². The normalized spacial score (nSPS) is 13.9. The fraction of sp³-hybridized carbons (Fsp3) is 0.185. The van der Waals surface area contributed by atoms with E-state index in [2.05, 4.69) is 10.1 Å². The number of carboxylic acids is 1. The first-order valence-electron chi connectivity index (χ1n) is 11.5. The van der Waals surface area contributed by atoms with E-state index in [1.807, 2.05) is 6.92 Å². The van der Waals surface area contributed by atoms with E-state index in [0.717, 1.165) is 10.5 Å². The summed E-state index contributed by atoms with van der Waals surface area (Å²) < 4.78 is 21.5. The second-order valence-electron chi connectivity index (χ2n) is 8.07. The van der Waals surface area contributed by atoms with Gasteiger partial charge in [0.25, 0.3) is 5.91 Å². The third kappa shape index (κ3) is 5.84. The molecule has 0 aliphatic carbocycles. The summed E-state index contributed by atoms with van der Waals surface area (Å²) in [5.74, 6) is -1.13. The van der Waals surface area contributed by atoms with Crippen LogP contribution in [0, 0.1) is 0 Å². The number of ether oxygens (including phenoxy) is 3. The first-order chi connectivity index (χ1) is 18.3. The largest absolute Gasteiger partial charge is 0.490 e. The minimum Gasteiger partial charge on any atom is -0.490 e. The van der Waals surface area contributed by atoms with Crippen LogP contribution in [0.2, 0.25) is 0 Å². The molecule has 1 aromatic heterocycles. The Kier molecular flexibility index (Phi) is 7.76. The lowest BCUT2D eigenvalue weighted by molar-refractivity contribution is -0.123. The maximum atomic E-state index is 12.9. The van der Waals surface area contributed by atoms with Crippen molar-refractivity contribution in [2.75, 3.05) is 13.7 Å². The molecule has 0 spiro atoms. The number of benzene rings is 2. The van der Waals surface area contributed by atoms with E-state index in [4.69, 9.17) is 19.0 Å². The van der Waals surface area contributed by atoms with Gasteiger partial charge in [0.15, 0.2) is 11.5 Å². The predicted octanol–water partition coefficient (Wildman–Crippen LogP) is 3.84. The molecule has 1 saturated heterocycles. The van der Waals surface area contributed by atoms with Gasteiger partial charge < -0.3 is 29.1 Å². The third-order valence-electron chi connectivity index (χ3n) is 5.50. The number of nitrogens with one attached hydrogen (secondary N) is 1. The Balaban J connectivity index is 1.46. The number of esters is 1. The van der Waals surface area contributed by atoms with Crippen molar-refractivity contribution in [3.05, 3.63) is 88.5 Å². The number of furan rings is 1. The zero-order valence-electron chi connectivity index (χ0n) is 20.6. The molecule has 3 aromatic rings. The van der Waals surface area contributed by atoms with Crippen molar-refractivity contribution in [2.24, 2.45) is 0 Å². The zero-order valence-corrected chi connectivity index (χ0v) is 20.6. The summed E-state index contributed by atoms with van der Waals surface area (Å²) in [7, 11) is 1.22. The molecule has 0 radical (unpaired) electrons. The third-order valence-corrected chi connectivity index (χ3v) is 5.50. The Morgan fingerprint density at radius 3 is 2.47 bits per heavy atom. The highest BCUT2D eigenvalue weighted by atomic mass is 16.5. The van der Waals surface area contributed by atoms with E-state index >= 15 is 0 Å². The zero-order chi connectivity index (χ0) is 27.2. The lowest BCUT2D eigenvalue weighted by Gasteiger charge is -2.13. The van der Waals surface area contributed by atoms with Gasteiger partial charge >= 0.3 is 18.0 Å². The van der Waals surface area contributed by atoms with Gasteiger partial charge in [0.2, 0.25) is 5.76 Å². The van der Waals surface area contributed by atoms with Crippen LogP contribution >= 0.6 is 0 Å². The number of nitrogens with zero attached hydrogens (tertiary/aromatic N) is 1. The number of methoxy groups -OCH3 is 1. The van der Waals surface area contributed by atoms with Crippen molar-refractivity contribution in [1.29, 1.82) is 0 Å². The fourth-order valence-corrected chi connectivity index (χ4v) is 3.62. The Hall–Kier alpha value is -5.06. The number of rotatable bonds is 10. The molecule has 0 unspecified atom stereocenters. The molecule has 38 heavy (non-hydrogen) atoms. The van der Waals surface area contributed by atoms with Gasteiger partial charge in [-0.1, -0.05) is 18.2 Å². The van der Waals surface area contributed by atoms with Crippen molar-refractivity contribution in [2.45, 2.75) is 20.1 Å². The Morgan fingerprint density at radius 2 is 1.79 bits per heavy atom. The fourth-order valence-electron chi connectivity index (χ4n) is 3.62. The summed E-state index contributed by atoms with van der Waals surface area (Å²) in [6.45, 7) is 2.21. The molecule has 11 heteroatoms. The van der Waals surface area contributed by atoms with E-state index < -0.39 is 23.9 Å². The number of urea groups is 1. The molecule has 0 atom stereocenters. The van der Waals surface area contributed by atoms with Crippen LogP contribution in [0.1, 0.15) is 44.7 Å². The van der Waals surface area contributed by atoms with Crippen LogP contribution < -0.4 is 14.8 Å². The first kappa shape index (κ1) is 26.0. The number of carbonyl (C=O) groups is 4. The molecular weight excluding hydrogens is 496 g/mol. The molecule has 0 saturated carbocycles. The quantitative estimate of drug-likeness (QED) is 0.231. The van der Waals surface area contributed by atoms with Crippen LogP contribution in [0.5, 0.6) is 11.5 Å². The molecule has 1 aliphatic rings. The number of carboxylic acid groups (broad SMARTS) is 1. The highest BCUT2D eigenvalue weighted by Gasteiger charge is 2.34. The van der Waals surface area contributed by atoms with E-state index in [0.29, 0.717) is 23.7 Å². The predicted molar refractivity (Wildman–Crippen MR) is 132 cm³/mol. The molecule has 196 valence electrons. The van der Waals surface area contributed by atoms with E-state index in [1.54, 1.807) is 30.3 Å². The molecule has 1 aliphatic heterocycles. The van der Waals surface area contributed by atoms with Crippen LogP contribution in [0.3, 0.4) is 0 Å². The van der Waals surface area contributed by atoms with Gasteiger partial charge in [-0.15, -0.1) is 0 Å². The molecule has 1 fully saturated rings. The summed E-state index contributed by atoms with van der Waals surface area (Å²) in [6, 6.07) is 13.7. The SMILES string of the molecule is CCOc1cc(/C=C2\NC(=O)N(Cc3ccc(C(=O)OC)o3)C2=O)ccc1OCc1ccc(C(=O)O)cc1. The average molecular weight is 520 g/mol. The summed E-state index contributed by atoms with van der Waals surface area (Å²) in [4.78, 5) is 48.9. The Labute approximate surface area is 217 Å². The number of aromatic carboxylic acids is 1. The van der Waals surface area contributed by atoms with Gasteiger partial charge in [0.05, 0.1) is 25.8 Å². The van der Waals surface area contributed by atoms with E-state index in [-0.39, 0.29) is 35.9 Å². The van der Waals surface area contributed by atoms with Gasteiger partial charge in [-0.25, -0.2) is 14.4 Å². The first-order valence-corrected chi connectivity index (χ1v) is 11.5. The highest BCUT2D eigenvalue weighted by molar-refractivity contribution is 6.13. The molecule has 2 heterocycles. The Bertz CT molecular complexity index is 1410. The second-order valence-corrected chi connectivity index (χ2v) is 8.07. The molecule has 2 aromatic carbocycles. The van der Waals surface area contributed by atoms with Crippen LogP contribution in [0.25, 0.3) is 6.08 Å². The average Bonchev–Trinajstić information content (AvgIpc) is 3.48. The maximum Gasteiger partial charge on any atom is 0.373 e. The van der Waals surface area contributed by atoms with Gasteiger partial charge in [-0.3, -0.25) is 9.69 Å². The molecular formula is C27H24N2O9. The minimum atomic E-state index is -1.01. The standard InChI is InChI=1S/C27H24N2O9/c1-3-36-23-13-17(6-10-21(23)37-15-16-4-7-18(8-5-16)25(31)32)12-20-24(30)29(27(34)28-20)14-19-9-11-22(38-19)26(33)35-2/h4-13H,3,14-15H2,1-2H3,(H,28,34)(H,31,32)/b20-12-. The number of imide groups is 1. The molecule has 4 rings (SSSR count). The van der Waals surface area contributed by atoms with Crippen LogP contribution in [-0.4, -0.2) is 47.6 Å². The summed E-state index contributed by atoms with van der Waals surface area (Å²) >= 11 is 0. The molecule has 11 nitrogen and oxygen atoms in total. The van der Waals surface area contributed by atoms with Gasteiger partial charge in [0, 0.05) is 0 Å². The topological polar surface area (TPSA) is 145 Å². The molecule has 2 N–H and O–H groups in total. The number of hydrogen-bond donors (Lipinski definition) is 2. The smallest absolute Gasteiger partial charge is 0.373 e. The van der Waals surface area contributed by atoms with Gasteiger partial charge in [0.1, 0.15) is 18.1 Å². The van der Waals surface area contributed by atoms with Gasteiger partial charge in [-0.2, -0.15) is 0 Å². The molecule has 3 amide bonds. The van der Waals surface area contributed by atoms with Crippen molar-refractivity contribution in [3.8, 4) is 11.5 Å². The summed E-state index contributed by atoms with van der Waals surface area (Å²) in [5.41, 5.74) is 1.61. The number of amides is 3. The summed E-state index contributed by atoms with van der Waals surface area (Å²) in [5, 5.41) is 11.6. The minimum absolute atomic E-state index is 0.0339. The van der Waals surface area contributed by atoms with Crippen LogP contribution in [0.15, 0.2) is 64.7 Å². The van der Waals surface area contributed by atoms with E-state index in [1.165, 1.54) is 37.5 Å². The molecule has 0 bridgehead atoms.